The van der Waals surface area contributed by atoms with Crippen LogP contribution in [0.5, 0.6) is 0 Å². The Labute approximate surface area is 435 Å². The maximum atomic E-state index is 14.8. The predicted molar refractivity (Wildman–Crippen MR) is 280 cm³/mol. The number of amides is 8. The normalized spacial score (nSPS) is 16.5. The highest BCUT2D eigenvalue weighted by atomic mass is 16.5. The monoisotopic (exact) mass is 1040 g/mol. The van der Waals surface area contributed by atoms with E-state index in [0.29, 0.717) is 6.42 Å². The fourth-order valence-electron chi connectivity index (χ4n) is 8.31. The van der Waals surface area contributed by atoms with E-state index >= 15 is 0 Å². The SMILES string of the molecule is C/C=C/C[C@@H](C)[C@@H](O)[C@@H](C(=O)N[C@@H](CC)C(=O)OC)N(C)C(=O)[C@H](C(C)C)N(C)C(=O)[C@H](CC(C)C)N(C)C(=O)[C@H](CC(C)(C)O)NC(=O)[C@@H](C)NC(=O)[C@H](C)NC(=O)[C@H](CC(C)C)N(C)C(=O)[C@@H](N)C(C)C. The molecule has 0 rings (SSSR count). The highest BCUT2D eigenvalue weighted by Gasteiger charge is 2.44. The molecular formula is C52H95N9O12. The van der Waals surface area contributed by atoms with Gasteiger partial charge in [-0.05, 0) is 89.9 Å². The van der Waals surface area contributed by atoms with Crippen LogP contribution in [0, 0.1) is 29.6 Å². The molecule has 11 atom stereocenters. The summed E-state index contributed by atoms with van der Waals surface area (Å²) in [7, 11) is 6.79. The van der Waals surface area contributed by atoms with Crippen LogP contribution >= 0.6 is 0 Å². The van der Waals surface area contributed by atoms with E-state index in [-0.39, 0.29) is 43.4 Å². The van der Waals surface area contributed by atoms with Gasteiger partial charge in [0.25, 0.3) is 0 Å². The number of allylic oxidation sites excluding steroid dienone is 2. The van der Waals surface area contributed by atoms with E-state index < -0.39 is 131 Å². The summed E-state index contributed by atoms with van der Waals surface area (Å²) in [6.07, 6.45) is 2.78. The maximum Gasteiger partial charge on any atom is 0.328 e. The van der Waals surface area contributed by atoms with Gasteiger partial charge in [0.2, 0.25) is 47.3 Å². The number of nitrogens with one attached hydrogen (secondary N) is 4. The van der Waals surface area contributed by atoms with Crippen molar-refractivity contribution in [1.29, 1.82) is 0 Å². The van der Waals surface area contributed by atoms with E-state index in [0.717, 1.165) is 9.80 Å². The second-order valence-electron chi connectivity index (χ2n) is 21.8. The average molecular weight is 1040 g/mol. The lowest BCUT2D eigenvalue weighted by Crippen LogP contribution is -2.63. The lowest BCUT2D eigenvalue weighted by Gasteiger charge is -2.41. The van der Waals surface area contributed by atoms with Crippen molar-refractivity contribution < 1.29 is 58.1 Å². The Morgan fingerprint density at radius 3 is 1.49 bits per heavy atom. The molecule has 0 fully saturated rings. The molecule has 0 aromatic carbocycles. The molecule has 0 aromatic heterocycles. The number of nitrogens with zero attached hydrogens (tertiary/aromatic N) is 4. The average Bonchev–Trinajstić information content (AvgIpc) is 3.30. The Morgan fingerprint density at radius 1 is 0.603 bits per heavy atom. The molecule has 0 saturated heterocycles. The van der Waals surface area contributed by atoms with Crippen molar-refractivity contribution in [3.8, 4) is 0 Å². The van der Waals surface area contributed by atoms with Crippen LogP contribution in [-0.2, 0) is 47.9 Å². The number of esters is 1. The van der Waals surface area contributed by atoms with E-state index in [9.17, 15) is 53.4 Å². The highest BCUT2D eigenvalue weighted by molar-refractivity contribution is 5.98. The van der Waals surface area contributed by atoms with Gasteiger partial charge in [0, 0.05) is 34.6 Å². The van der Waals surface area contributed by atoms with E-state index in [2.05, 4.69) is 21.3 Å². The number of ether oxygens (including phenoxy) is 1. The molecule has 8 amide bonds. The van der Waals surface area contributed by atoms with Crippen molar-refractivity contribution in [2.75, 3.05) is 35.3 Å². The van der Waals surface area contributed by atoms with Gasteiger partial charge in [0.1, 0.15) is 48.3 Å². The van der Waals surface area contributed by atoms with Gasteiger partial charge < -0.3 is 61.6 Å². The minimum Gasteiger partial charge on any atom is -0.467 e. The molecule has 0 aliphatic rings. The molecule has 21 heteroatoms. The van der Waals surface area contributed by atoms with Gasteiger partial charge in [-0.3, -0.25) is 38.4 Å². The fraction of sp³-hybridized carbons (Fsp3) is 0.788. The third-order valence-corrected chi connectivity index (χ3v) is 13.0. The predicted octanol–water partition coefficient (Wildman–Crippen LogP) is 1.71. The van der Waals surface area contributed by atoms with Crippen LogP contribution in [0.3, 0.4) is 0 Å². The number of rotatable bonds is 30. The summed E-state index contributed by atoms with van der Waals surface area (Å²) in [5, 5.41) is 33.1. The fourth-order valence-corrected chi connectivity index (χ4v) is 8.31. The van der Waals surface area contributed by atoms with Gasteiger partial charge in [-0.25, -0.2) is 4.79 Å². The van der Waals surface area contributed by atoms with Crippen LogP contribution in [0.15, 0.2) is 12.2 Å². The topological polar surface area (TPSA) is 290 Å². The van der Waals surface area contributed by atoms with E-state index in [4.69, 9.17) is 10.5 Å². The van der Waals surface area contributed by atoms with Gasteiger partial charge >= 0.3 is 5.97 Å². The second kappa shape index (κ2) is 30.9. The van der Waals surface area contributed by atoms with Crippen LogP contribution in [-0.4, -0.2) is 184 Å². The van der Waals surface area contributed by atoms with Crippen molar-refractivity contribution >= 4 is 53.2 Å². The van der Waals surface area contributed by atoms with Gasteiger partial charge in [0.15, 0.2) is 0 Å². The first-order valence-electron chi connectivity index (χ1n) is 25.7. The number of aliphatic hydroxyl groups excluding tert-OH is 1. The summed E-state index contributed by atoms with van der Waals surface area (Å²) in [6.45, 7) is 25.3. The van der Waals surface area contributed by atoms with Crippen LogP contribution < -0.4 is 27.0 Å². The molecule has 0 saturated carbocycles. The zero-order valence-electron chi connectivity index (χ0n) is 47.7. The Balaban J connectivity index is 6.83. The summed E-state index contributed by atoms with van der Waals surface area (Å²) in [5.41, 5.74) is 4.58. The molecular weight excluding hydrogens is 943 g/mol. The van der Waals surface area contributed by atoms with E-state index in [1.807, 2.05) is 33.8 Å². The first kappa shape index (κ1) is 67.8. The van der Waals surface area contributed by atoms with Crippen molar-refractivity contribution in [2.24, 2.45) is 35.3 Å². The zero-order valence-corrected chi connectivity index (χ0v) is 47.7. The summed E-state index contributed by atoms with van der Waals surface area (Å²) < 4.78 is 4.85. The standard InChI is InChI=1S/C52H95N9O12/c1-21-23-24-32(11)42(62)41(46(66)56-35(22-2)51(71)73-20)61(19)50(70)40(31(9)10)60(18)48(68)38(26-29(5)6)59(17)47(67)36(27-52(14,15)72)57-44(64)34(13)54-43(63)33(12)55-45(65)37(25-28(3)4)58(16)49(69)39(53)30(7)8/h21,23,28-42,62,72H,22,24-27,53H2,1-20H3,(H,54,63)(H,55,65)(H,56,66)(H,57,64)/b23-21+/t32-,33+,34-,35+,36+,37+,38+,39+,40+,41+,42-/m1/s1. The molecule has 0 unspecified atom stereocenters. The Kier molecular flexibility index (Phi) is 28.7. The minimum atomic E-state index is -1.53. The number of hydrogen-bond acceptors (Lipinski definition) is 13. The smallest absolute Gasteiger partial charge is 0.328 e. The molecule has 8 N–H and O–H groups in total. The quantitative estimate of drug-likeness (QED) is 0.0399. The summed E-state index contributed by atoms with van der Waals surface area (Å²) in [6, 6.07) is -10.7. The molecule has 73 heavy (non-hydrogen) atoms. The lowest BCUT2D eigenvalue weighted by molar-refractivity contribution is -0.157. The molecule has 0 bridgehead atoms. The Bertz CT molecular complexity index is 1890. The highest BCUT2D eigenvalue weighted by Crippen LogP contribution is 2.24. The molecule has 0 aliphatic heterocycles. The van der Waals surface area contributed by atoms with Crippen LogP contribution in [0.1, 0.15) is 136 Å². The lowest BCUT2D eigenvalue weighted by atomic mass is 9.91. The molecule has 0 aliphatic carbocycles. The number of carbonyl (C=O) groups excluding carboxylic acids is 9. The van der Waals surface area contributed by atoms with Crippen LogP contribution in [0.4, 0.5) is 0 Å². The third kappa shape index (κ3) is 20.9. The molecule has 21 nitrogen and oxygen atoms in total. The van der Waals surface area contributed by atoms with Gasteiger partial charge in [0.05, 0.1) is 24.9 Å². The van der Waals surface area contributed by atoms with Gasteiger partial charge in [-0.15, -0.1) is 0 Å². The van der Waals surface area contributed by atoms with Crippen molar-refractivity contribution in [1.82, 2.24) is 40.9 Å². The maximum absolute atomic E-state index is 14.8. The number of likely N-dealkylation sites (N-methyl/N-ethyl adjacent to an activating group) is 4. The Hall–Kier alpha value is -5.15. The van der Waals surface area contributed by atoms with Gasteiger partial charge in [-0.2, -0.15) is 0 Å². The van der Waals surface area contributed by atoms with Crippen molar-refractivity contribution in [3.63, 3.8) is 0 Å². The summed E-state index contributed by atoms with van der Waals surface area (Å²) in [5.74, 6) is -7.68. The summed E-state index contributed by atoms with van der Waals surface area (Å²) in [4.78, 5) is 129. The number of hydrogen-bond donors (Lipinski definition) is 7. The molecule has 0 radical (unpaired) electrons. The number of nitrogens with two attached hydrogens (primary N) is 1. The molecule has 0 spiro atoms. The third-order valence-electron chi connectivity index (χ3n) is 13.0. The Morgan fingerprint density at radius 2 is 1.05 bits per heavy atom. The molecule has 0 heterocycles. The number of aliphatic hydroxyl groups is 2. The summed E-state index contributed by atoms with van der Waals surface area (Å²) >= 11 is 0. The molecule has 0 aromatic rings. The minimum absolute atomic E-state index is 0.00106. The largest absolute Gasteiger partial charge is 0.467 e. The molecule has 420 valence electrons. The number of methoxy groups -OCH3 is 1. The second-order valence-corrected chi connectivity index (χ2v) is 21.8. The first-order valence-corrected chi connectivity index (χ1v) is 25.7. The number of carbonyl (C=O) groups is 9. The van der Waals surface area contributed by atoms with Crippen LogP contribution in [0.25, 0.3) is 0 Å². The van der Waals surface area contributed by atoms with Crippen molar-refractivity contribution in [2.45, 2.75) is 202 Å². The van der Waals surface area contributed by atoms with E-state index in [1.165, 1.54) is 72.8 Å². The zero-order chi connectivity index (χ0) is 57.2. The van der Waals surface area contributed by atoms with Crippen molar-refractivity contribution in [3.05, 3.63) is 12.2 Å². The van der Waals surface area contributed by atoms with E-state index in [1.54, 1.807) is 54.5 Å². The van der Waals surface area contributed by atoms with Gasteiger partial charge in [-0.1, -0.05) is 81.4 Å². The first-order chi connectivity index (χ1) is 33.5. The van der Waals surface area contributed by atoms with Crippen LogP contribution in [0.2, 0.25) is 0 Å².